The fourth-order valence-corrected chi connectivity index (χ4v) is 1.64. The molecule has 0 saturated carbocycles. The van der Waals surface area contributed by atoms with Crippen molar-refractivity contribution in [3.8, 4) is 5.75 Å². The zero-order valence-electron chi connectivity index (χ0n) is 11.1. The van der Waals surface area contributed by atoms with Crippen LogP contribution in [0.4, 0.5) is 11.4 Å². The Morgan fingerprint density at radius 3 is 2.50 bits per heavy atom. The topological polar surface area (TPSA) is 74.0 Å². The van der Waals surface area contributed by atoms with Gasteiger partial charge in [0.25, 0.3) is 5.91 Å². The van der Waals surface area contributed by atoms with Crippen LogP contribution in [0.25, 0.3) is 0 Å². The average molecular weight is 269 g/mol. The predicted octanol–water partition coefficient (Wildman–Crippen LogP) is 3.56. The summed E-state index contributed by atoms with van der Waals surface area (Å²) in [7, 11) is 0. The van der Waals surface area contributed by atoms with Gasteiger partial charge in [-0.2, -0.15) is 5.11 Å². The lowest BCUT2D eigenvalue weighted by molar-refractivity contribution is 0.0956. The molecule has 2 rings (SSSR count). The van der Waals surface area contributed by atoms with E-state index in [1.807, 2.05) is 6.92 Å². The van der Waals surface area contributed by atoms with Gasteiger partial charge in [0, 0.05) is 6.54 Å². The molecule has 2 aromatic rings. The molecule has 102 valence electrons. The highest BCUT2D eigenvalue weighted by Crippen LogP contribution is 2.23. The molecule has 0 radical (unpaired) electrons. The first-order chi connectivity index (χ1) is 9.70. The lowest BCUT2D eigenvalue weighted by atomic mass is 10.1. The minimum atomic E-state index is -0.173. The minimum Gasteiger partial charge on any atom is -0.508 e. The zero-order valence-corrected chi connectivity index (χ0v) is 11.1. The number of benzene rings is 2. The Hall–Kier alpha value is -2.69. The highest BCUT2D eigenvalue weighted by Gasteiger charge is 2.09. The van der Waals surface area contributed by atoms with Crippen LogP contribution in [0.15, 0.2) is 58.8 Å². The van der Waals surface area contributed by atoms with Gasteiger partial charge in [-0.15, -0.1) is 5.11 Å². The quantitative estimate of drug-likeness (QED) is 0.833. The molecule has 0 aliphatic heterocycles. The van der Waals surface area contributed by atoms with E-state index in [4.69, 9.17) is 0 Å². The highest BCUT2D eigenvalue weighted by atomic mass is 16.3. The van der Waals surface area contributed by atoms with E-state index in [2.05, 4.69) is 15.5 Å². The molecule has 0 unspecified atom stereocenters. The fraction of sp³-hybridized carbons (Fsp3) is 0.133. The second-order valence-electron chi connectivity index (χ2n) is 4.09. The largest absolute Gasteiger partial charge is 0.508 e. The summed E-state index contributed by atoms with van der Waals surface area (Å²) in [5.74, 6) is -0.000528. The van der Waals surface area contributed by atoms with Crippen molar-refractivity contribution in [2.24, 2.45) is 10.2 Å². The molecule has 5 nitrogen and oxygen atoms in total. The van der Waals surface area contributed by atoms with E-state index in [0.717, 1.165) is 0 Å². The van der Waals surface area contributed by atoms with E-state index in [1.165, 1.54) is 12.1 Å². The van der Waals surface area contributed by atoms with E-state index in [9.17, 15) is 9.90 Å². The molecule has 1 amide bonds. The van der Waals surface area contributed by atoms with E-state index in [0.29, 0.717) is 23.5 Å². The number of phenolic OH excluding ortho intramolecular Hbond substituents is 1. The van der Waals surface area contributed by atoms with E-state index >= 15 is 0 Å². The van der Waals surface area contributed by atoms with Crippen LogP contribution >= 0.6 is 0 Å². The van der Waals surface area contributed by atoms with Crippen molar-refractivity contribution in [3.63, 3.8) is 0 Å². The molecule has 0 bridgehead atoms. The average Bonchev–Trinajstić information content (AvgIpc) is 2.47. The van der Waals surface area contributed by atoms with Gasteiger partial charge in [-0.25, -0.2) is 0 Å². The van der Waals surface area contributed by atoms with Gasteiger partial charge < -0.3 is 10.4 Å². The van der Waals surface area contributed by atoms with Crippen molar-refractivity contribution in [2.45, 2.75) is 6.92 Å². The first-order valence-corrected chi connectivity index (χ1v) is 6.28. The summed E-state index contributed by atoms with van der Waals surface area (Å²) in [5.41, 5.74) is 1.59. The Bertz CT molecular complexity index is 621. The molecule has 0 fully saturated rings. The Labute approximate surface area is 117 Å². The number of aromatic hydroxyl groups is 1. The lowest BCUT2D eigenvalue weighted by Crippen LogP contribution is -2.22. The van der Waals surface area contributed by atoms with Crippen LogP contribution in [0, 0.1) is 0 Å². The number of hydrogen-bond acceptors (Lipinski definition) is 4. The molecule has 0 atom stereocenters. The summed E-state index contributed by atoms with van der Waals surface area (Å²) in [6.45, 7) is 2.42. The van der Waals surface area contributed by atoms with Gasteiger partial charge in [-0.3, -0.25) is 4.79 Å². The molecule has 2 aromatic carbocycles. The maximum Gasteiger partial charge on any atom is 0.253 e. The summed E-state index contributed by atoms with van der Waals surface area (Å²) in [5, 5.41) is 20.1. The summed E-state index contributed by atoms with van der Waals surface area (Å²) >= 11 is 0. The fourth-order valence-electron chi connectivity index (χ4n) is 1.64. The van der Waals surface area contributed by atoms with Crippen LogP contribution < -0.4 is 5.32 Å². The highest BCUT2D eigenvalue weighted by molar-refractivity contribution is 5.98. The van der Waals surface area contributed by atoms with Gasteiger partial charge in [-0.05, 0) is 43.3 Å². The third kappa shape index (κ3) is 3.41. The van der Waals surface area contributed by atoms with Crippen LogP contribution in [0.5, 0.6) is 5.75 Å². The minimum absolute atomic E-state index is 0.173. The summed E-state index contributed by atoms with van der Waals surface area (Å²) < 4.78 is 0. The van der Waals surface area contributed by atoms with Gasteiger partial charge in [0.05, 0.1) is 16.9 Å². The van der Waals surface area contributed by atoms with Crippen molar-refractivity contribution >= 4 is 17.3 Å². The molecule has 2 N–H and O–H groups in total. The third-order valence-corrected chi connectivity index (χ3v) is 2.61. The maximum atomic E-state index is 11.9. The molecule has 0 heterocycles. The van der Waals surface area contributed by atoms with Crippen LogP contribution in [0.2, 0.25) is 0 Å². The standard InChI is InChI=1S/C15H15N3O2/c1-2-16-15(20)13-5-3-4-6-14(13)18-17-11-7-9-12(19)10-8-11/h3-10,19H,2H2,1H3,(H,16,20). The van der Waals surface area contributed by atoms with Crippen LogP contribution in [-0.2, 0) is 0 Å². The van der Waals surface area contributed by atoms with Gasteiger partial charge in [0.1, 0.15) is 5.75 Å². The number of azo groups is 1. The van der Waals surface area contributed by atoms with E-state index in [-0.39, 0.29) is 11.7 Å². The van der Waals surface area contributed by atoms with Crippen molar-refractivity contribution in [1.29, 1.82) is 0 Å². The molecule has 0 spiro atoms. The number of phenols is 1. The molecular weight excluding hydrogens is 254 g/mol. The second-order valence-corrected chi connectivity index (χ2v) is 4.09. The molecule has 20 heavy (non-hydrogen) atoms. The summed E-state index contributed by atoms with van der Waals surface area (Å²) in [6.07, 6.45) is 0. The smallest absolute Gasteiger partial charge is 0.253 e. The number of amides is 1. The van der Waals surface area contributed by atoms with Crippen molar-refractivity contribution < 1.29 is 9.90 Å². The number of hydrogen-bond donors (Lipinski definition) is 2. The number of carbonyl (C=O) groups is 1. The van der Waals surface area contributed by atoms with Crippen LogP contribution in [0.1, 0.15) is 17.3 Å². The first-order valence-electron chi connectivity index (χ1n) is 6.28. The number of nitrogens with one attached hydrogen (secondary N) is 1. The number of carbonyl (C=O) groups excluding carboxylic acids is 1. The van der Waals surface area contributed by atoms with Gasteiger partial charge >= 0.3 is 0 Å². The zero-order chi connectivity index (χ0) is 14.4. The number of nitrogens with zero attached hydrogens (tertiary/aromatic N) is 2. The Morgan fingerprint density at radius 2 is 1.80 bits per heavy atom. The van der Waals surface area contributed by atoms with E-state index in [1.54, 1.807) is 36.4 Å². The Morgan fingerprint density at radius 1 is 1.10 bits per heavy atom. The third-order valence-electron chi connectivity index (χ3n) is 2.61. The van der Waals surface area contributed by atoms with Crippen molar-refractivity contribution in [1.82, 2.24) is 5.32 Å². The van der Waals surface area contributed by atoms with Crippen LogP contribution in [-0.4, -0.2) is 17.6 Å². The van der Waals surface area contributed by atoms with Gasteiger partial charge in [0.15, 0.2) is 0 Å². The Kier molecular flexibility index (Phi) is 4.44. The van der Waals surface area contributed by atoms with Crippen molar-refractivity contribution in [2.75, 3.05) is 6.54 Å². The van der Waals surface area contributed by atoms with Gasteiger partial charge in [-0.1, -0.05) is 12.1 Å². The lowest BCUT2D eigenvalue weighted by Gasteiger charge is -2.04. The normalized spacial score (nSPS) is 10.7. The molecule has 0 saturated heterocycles. The molecular formula is C15H15N3O2. The summed E-state index contributed by atoms with van der Waals surface area (Å²) in [6, 6.07) is 13.4. The Balaban J connectivity index is 2.24. The predicted molar refractivity (Wildman–Crippen MR) is 76.7 cm³/mol. The SMILES string of the molecule is CCNC(=O)c1ccccc1N=Nc1ccc(O)cc1. The van der Waals surface area contributed by atoms with Crippen LogP contribution in [0.3, 0.4) is 0 Å². The van der Waals surface area contributed by atoms with Gasteiger partial charge in [0.2, 0.25) is 0 Å². The molecule has 0 aromatic heterocycles. The maximum absolute atomic E-state index is 11.9. The first kappa shape index (κ1) is 13.7. The summed E-state index contributed by atoms with van der Waals surface area (Å²) in [4.78, 5) is 11.9. The van der Waals surface area contributed by atoms with E-state index < -0.39 is 0 Å². The van der Waals surface area contributed by atoms with Crippen molar-refractivity contribution in [3.05, 3.63) is 54.1 Å². The molecule has 0 aliphatic rings. The number of rotatable bonds is 4. The monoisotopic (exact) mass is 269 g/mol. The second kappa shape index (κ2) is 6.47. The molecule has 5 heteroatoms. The molecule has 0 aliphatic carbocycles.